The predicted molar refractivity (Wildman–Crippen MR) is 99.7 cm³/mol. The van der Waals surface area contributed by atoms with Crippen molar-refractivity contribution in [3.63, 3.8) is 0 Å². The summed E-state index contributed by atoms with van der Waals surface area (Å²) < 4.78 is 33.4. The minimum absolute atomic E-state index is 0.270. The zero-order valence-electron chi connectivity index (χ0n) is 14.8. The Morgan fingerprint density at radius 1 is 1.23 bits per heavy atom. The molecule has 7 heteroatoms. The van der Waals surface area contributed by atoms with Gasteiger partial charge in [-0.2, -0.15) is 4.31 Å². The summed E-state index contributed by atoms with van der Waals surface area (Å²) in [6.45, 7) is 2.29. The van der Waals surface area contributed by atoms with Crippen molar-refractivity contribution in [1.29, 1.82) is 0 Å². The number of methoxy groups -OCH3 is 1. The van der Waals surface area contributed by atoms with Gasteiger partial charge in [-0.05, 0) is 55.7 Å². The van der Waals surface area contributed by atoms with Crippen molar-refractivity contribution in [1.82, 2.24) is 14.3 Å². The van der Waals surface area contributed by atoms with Crippen LogP contribution in [0.5, 0.6) is 5.75 Å². The Kier molecular flexibility index (Phi) is 4.20. The first kappa shape index (κ1) is 17.1. The average Bonchev–Trinajstić information content (AvgIpc) is 3.28. The van der Waals surface area contributed by atoms with E-state index >= 15 is 0 Å². The van der Waals surface area contributed by atoms with E-state index in [1.165, 1.54) is 0 Å². The molecule has 1 N–H and O–H groups in total. The third-order valence-corrected chi connectivity index (χ3v) is 6.96. The number of aromatic amines is 1. The maximum Gasteiger partial charge on any atom is 0.244 e. The highest BCUT2D eigenvalue weighted by molar-refractivity contribution is 7.89. The number of hydrogen-bond donors (Lipinski definition) is 1. The standard InChI is InChI=1S/C19H21N3O3S/c1-13-12-14(25-2)9-10-18(13)26(23,24)22-11-5-8-17(22)19-20-15-6-3-4-7-16(15)21-19/h3-4,6-7,9-10,12,17H,5,8,11H2,1-2H3,(H,20,21)/t17-/m1/s1. The van der Waals surface area contributed by atoms with Crippen LogP contribution in [0.2, 0.25) is 0 Å². The van der Waals surface area contributed by atoms with Crippen molar-refractivity contribution < 1.29 is 13.2 Å². The average molecular weight is 371 g/mol. The van der Waals surface area contributed by atoms with Crippen LogP contribution in [0.4, 0.5) is 0 Å². The molecule has 0 saturated carbocycles. The second-order valence-corrected chi connectivity index (χ2v) is 8.40. The summed E-state index contributed by atoms with van der Waals surface area (Å²) in [6, 6.07) is 12.5. The van der Waals surface area contributed by atoms with Crippen LogP contribution in [-0.4, -0.2) is 36.3 Å². The number of nitrogens with one attached hydrogen (secondary N) is 1. The first-order valence-corrected chi connectivity index (χ1v) is 10.1. The Hall–Kier alpha value is -2.38. The molecule has 6 nitrogen and oxygen atoms in total. The van der Waals surface area contributed by atoms with Crippen molar-refractivity contribution in [2.24, 2.45) is 0 Å². The number of H-pyrrole nitrogens is 1. The molecule has 1 atom stereocenters. The molecule has 0 aliphatic carbocycles. The number of aromatic nitrogens is 2. The Labute approximate surface area is 152 Å². The van der Waals surface area contributed by atoms with E-state index in [1.54, 1.807) is 36.5 Å². The topological polar surface area (TPSA) is 75.3 Å². The molecule has 1 aliphatic heterocycles. The monoisotopic (exact) mass is 371 g/mol. The smallest absolute Gasteiger partial charge is 0.244 e. The second kappa shape index (κ2) is 6.41. The molecule has 0 spiro atoms. The van der Waals surface area contributed by atoms with Gasteiger partial charge in [0.25, 0.3) is 0 Å². The molecule has 1 aromatic heterocycles. The Bertz CT molecular complexity index is 1030. The Balaban J connectivity index is 1.73. The van der Waals surface area contributed by atoms with Crippen molar-refractivity contribution in [3.8, 4) is 5.75 Å². The lowest BCUT2D eigenvalue weighted by molar-refractivity contribution is 0.385. The van der Waals surface area contributed by atoms with E-state index in [0.29, 0.717) is 28.6 Å². The normalized spacial score (nSPS) is 18.5. The van der Waals surface area contributed by atoms with Gasteiger partial charge in [-0.15, -0.1) is 0 Å². The SMILES string of the molecule is COc1ccc(S(=O)(=O)N2CCC[C@@H]2c2nc3ccccc3[nH]2)c(C)c1. The first-order valence-electron chi connectivity index (χ1n) is 8.62. The Morgan fingerprint density at radius 2 is 2.04 bits per heavy atom. The van der Waals surface area contributed by atoms with E-state index in [-0.39, 0.29) is 6.04 Å². The number of aryl methyl sites for hydroxylation is 1. The highest BCUT2D eigenvalue weighted by Gasteiger charge is 2.38. The van der Waals surface area contributed by atoms with Crippen LogP contribution in [0.25, 0.3) is 11.0 Å². The fourth-order valence-corrected chi connectivity index (χ4v) is 5.46. The summed E-state index contributed by atoms with van der Waals surface area (Å²) >= 11 is 0. The highest BCUT2D eigenvalue weighted by atomic mass is 32.2. The number of fused-ring (bicyclic) bond motifs is 1. The second-order valence-electron chi connectivity index (χ2n) is 6.54. The molecule has 4 rings (SSSR count). The zero-order chi connectivity index (χ0) is 18.3. The van der Waals surface area contributed by atoms with Gasteiger partial charge >= 0.3 is 0 Å². The molecule has 0 unspecified atom stereocenters. The number of nitrogens with zero attached hydrogens (tertiary/aromatic N) is 2. The lowest BCUT2D eigenvalue weighted by atomic mass is 10.2. The zero-order valence-corrected chi connectivity index (χ0v) is 15.6. The van der Waals surface area contributed by atoms with Crippen molar-refractivity contribution in [3.05, 3.63) is 53.9 Å². The fourth-order valence-electron chi connectivity index (χ4n) is 3.60. The van der Waals surface area contributed by atoms with Crippen molar-refractivity contribution in [2.45, 2.75) is 30.7 Å². The molecular weight excluding hydrogens is 350 g/mol. The van der Waals surface area contributed by atoms with Gasteiger partial charge in [0, 0.05) is 6.54 Å². The number of sulfonamides is 1. The number of benzene rings is 2. The number of ether oxygens (including phenoxy) is 1. The molecule has 1 saturated heterocycles. The van der Waals surface area contributed by atoms with E-state index < -0.39 is 10.0 Å². The van der Waals surface area contributed by atoms with Crippen LogP contribution in [0, 0.1) is 6.92 Å². The summed E-state index contributed by atoms with van der Waals surface area (Å²) in [5.74, 6) is 1.36. The van der Waals surface area contributed by atoms with Gasteiger partial charge in [0.1, 0.15) is 11.6 Å². The molecule has 26 heavy (non-hydrogen) atoms. The number of rotatable bonds is 4. The van der Waals surface area contributed by atoms with Crippen LogP contribution in [0.3, 0.4) is 0 Å². The van der Waals surface area contributed by atoms with Gasteiger partial charge in [-0.1, -0.05) is 12.1 Å². The molecule has 1 fully saturated rings. The van der Waals surface area contributed by atoms with E-state index in [2.05, 4.69) is 9.97 Å². The van der Waals surface area contributed by atoms with Gasteiger partial charge in [-0.3, -0.25) is 0 Å². The highest BCUT2D eigenvalue weighted by Crippen LogP contribution is 2.37. The lowest BCUT2D eigenvalue weighted by Gasteiger charge is -2.23. The molecule has 0 radical (unpaired) electrons. The van der Waals surface area contributed by atoms with E-state index in [4.69, 9.17) is 4.74 Å². The minimum atomic E-state index is -3.61. The summed E-state index contributed by atoms with van der Waals surface area (Å²) in [7, 11) is -2.04. The third-order valence-electron chi connectivity index (χ3n) is 4.90. The molecule has 1 aliphatic rings. The maximum atomic E-state index is 13.3. The van der Waals surface area contributed by atoms with E-state index in [0.717, 1.165) is 23.9 Å². The van der Waals surface area contributed by atoms with Crippen LogP contribution < -0.4 is 4.74 Å². The quantitative estimate of drug-likeness (QED) is 0.763. The van der Waals surface area contributed by atoms with Gasteiger partial charge in [0.15, 0.2) is 0 Å². The van der Waals surface area contributed by atoms with Crippen LogP contribution >= 0.6 is 0 Å². The molecule has 2 heterocycles. The van der Waals surface area contributed by atoms with Gasteiger partial charge in [0.05, 0.1) is 29.1 Å². The Morgan fingerprint density at radius 3 is 2.77 bits per heavy atom. The molecular formula is C19H21N3O3S. The lowest BCUT2D eigenvalue weighted by Crippen LogP contribution is -2.31. The first-order chi connectivity index (χ1) is 12.5. The number of imidazole rings is 1. The third kappa shape index (κ3) is 2.77. The van der Waals surface area contributed by atoms with Crippen LogP contribution in [0.15, 0.2) is 47.4 Å². The summed E-state index contributed by atoms with van der Waals surface area (Å²) in [5, 5.41) is 0. The van der Waals surface area contributed by atoms with Gasteiger partial charge in [0.2, 0.25) is 10.0 Å². The van der Waals surface area contributed by atoms with E-state index in [1.807, 2.05) is 24.3 Å². The summed E-state index contributed by atoms with van der Waals surface area (Å²) in [5.41, 5.74) is 2.46. The predicted octanol–water partition coefficient (Wildman–Crippen LogP) is 3.41. The molecule has 0 bridgehead atoms. The van der Waals surface area contributed by atoms with Crippen molar-refractivity contribution in [2.75, 3.05) is 13.7 Å². The largest absolute Gasteiger partial charge is 0.497 e. The number of para-hydroxylation sites is 2. The molecule has 3 aromatic rings. The van der Waals surface area contributed by atoms with E-state index in [9.17, 15) is 8.42 Å². The van der Waals surface area contributed by atoms with Crippen LogP contribution in [-0.2, 0) is 10.0 Å². The van der Waals surface area contributed by atoms with Gasteiger partial charge < -0.3 is 9.72 Å². The molecule has 0 amide bonds. The molecule has 136 valence electrons. The summed E-state index contributed by atoms with van der Waals surface area (Å²) in [6.07, 6.45) is 1.57. The molecule has 2 aromatic carbocycles. The van der Waals surface area contributed by atoms with Gasteiger partial charge in [-0.25, -0.2) is 13.4 Å². The number of hydrogen-bond acceptors (Lipinski definition) is 4. The fraction of sp³-hybridized carbons (Fsp3) is 0.316. The summed E-state index contributed by atoms with van der Waals surface area (Å²) in [4.78, 5) is 8.23. The minimum Gasteiger partial charge on any atom is -0.497 e. The van der Waals surface area contributed by atoms with Crippen molar-refractivity contribution >= 4 is 21.1 Å². The van der Waals surface area contributed by atoms with Crippen LogP contribution in [0.1, 0.15) is 30.3 Å². The maximum absolute atomic E-state index is 13.3.